The molecule has 5 heteroatoms. The number of carbonyl (C=O) groups is 1. The number of hydrogen-bond acceptors (Lipinski definition) is 5. The fourth-order valence-corrected chi connectivity index (χ4v) is 7.48. The molecule has 1 saturated heterocycles. The number of unbranched alkanes of at least 4 members (excludes halogenated alkanes) is 2. The van der Waals surface area contributed by atoms with Gasteiger partial charge in [-0.2, -0.15) is 0 Å². The third-order valence-electron chi connectivity index (χ3n) is 6.37. The average Bonchev–Trinajstić information content (AvgIpc) is 3.33. The van der Waals surface area contributed by atoms with Gasteiger partial charge in [0.25, 0.3) is 0 Å². The topological polar surface area (TPSA) is 29.5 Å². The summed E-state index contributed by atoms with van der Waals surface area (Å²) in [6, 6.07) is 17.2. The number of hydrogen-bond donors (Lipinski definition) is 0. The number of fused-ring (bicyclic) bond motifs is 2. The number of allylic oxidation sites excluding steroid dienone is 1. The van der Waals surface area contributed by atoms with Gasteiger partial charge in [-0.15, -0.1) is 0 Å². The van der Waals surface area contributed by atoms with Crippen LogP contribution >= 0.6 is 21.6 Å². The van der Waals surface area contributed by atoms with Gasteiger partial charge in [-0.3, -0.25) is 9.69 Å². The van der Waals surface area contributed by atoms with Gasteiger partial charge in [0.2, 0.25) is 0 Å². The molecule has 0 bridgehead atoms. The fourth-order valence-electron chi connectivity index (χ4n) is 4.45. The molecule has 0 amide bonds. The molecule has 1 aliphatic carbocycles. The van der Waals surface area contributed by atoms with Crippen LogP contribution in [0.15, 0.2) is 54.6 Å². The first-order chi connectivity index (χ1) is 16.7. The number of nitrogens with zero attached hydrogens (tertiary/aromatic N) is 1. The van der Waals surface area contributed by atoms with Crippen LogP contribution in [0, 0.1) is 0 Å². The smallest absolute Gasteiger partial charge is 0.307 e. The van der Waals surface area contributed by atoms with Crippen molar-refractivity contribution in [1.82, 2.24) is 4.90 Å². The van der Waals surface area contributed by atoms with Crippen molar-refractivity contribution in [2.75, 3.05) is 26.1 Å². The first-order valence-electron chi connectivity index (χ1n) is 12.4. The molecule has 1 unspecified atom stereocenters. The van der Waals surface area contributed by atoms with E-state index in [9.17, 15) is 4.79 Å². The summed E-state index contributed by atoms with van der Waals surface area (Å²) in [5.74, 6) is 1.21. The van der Waals surface area contributed by atoms with Crippen molar-refractivity contribution < 1.29 is 9.53 Å². The lowest BCUT2D eigenvalue weighted by Gasteiger charge is -2.17. The zero-order chi connectivity index (χ0) is 23.6. The van der Waals surface area contributed by atoms with Gasteiger partial charge < -0.3 is 4.74 Å². The Morgan fingerprint density at radius 2 is 1.74 bits per heavy atom. The van der Waals surface area contributed by atoms with E-state index in [1.165, 1.54) is 46.4 Å². The Bertz CT molecular complexity index is 959. The summed E-state index contributed by atoms with van der Waals surface area (Å²) in [5.41, 5.74) is 6.40. The molecule has 1 atom stereocenters. The standard InChI is InChI=1S/C29H35NO2S2/c1-30(22-32-29(31)16-7-4-12-25-19-21-33-34-25)20-9-8-15-28-26-13-5-2-10-23(26)17-18-24-11-3-6-14-27(24)28/h2-3,5-6,10-11,13-15,17-18,25H,4,7-9,12,16,19-22H2,1H3. The largest absolute Gasteiger partial charge is 0.449 e. The Labute approximate surface area is 212 Å². The van der Waals surface area contributed by atoms with Gasteiger partial charge in [-0.05, 0) is 67.0 Å². The molecular weight excluding hydrogens is 458 g/mol. The van der Waals surface area contributed by atoms with Crippen LogP contribution in [0.1, 0.15) is 67.2 Å². The molecule has 180 valence electrons. The number of rotatable bonds is 11. The Hall–Kier alpha value is -1.95. The third kappa shape index (κ3) is 7.27. The van der Waals surface area contributed by atoms with E-state index in [4.69, 9.17) is 4.74 Å². The molecule has 0 spiro atoms. The van der Waals surface area contributed by atoms with E-state index in [0.29, 0.717) is 13.2 Å². The number of benzene rings is 2. The summed E-state index contributed by atoms with van der Waals surface area (Å²) in [5, 5.41) is 0.790. The predicted octanol–water partition coefficient (Wildman–Crippen LogP) is 7.53. The number of esters is 1. The highest BCUT2D eigenvalue weighted by Crippen LogP contribution is 2.40. The summed E-state index contributed by atoms with van der Waals surface area (Å²) in [6.07, 6.45) is 13.9. The van der Waals surface area contributed by atoms with Crippen LogP contribution in [-0.2, 0) is 9.53 Å². The van der Waals surface area contributed by atoms with Gasteiger partial charge in [0.05, 0.1) is 0 Å². The van der Waals surface area contributed by atoms with Crippen LogP contribution in [0.4, 0.5) is 0 Å². The van der Waals surface area contributed by atoms with E-state index >= 15 is 0 Å². The van der Waals surface area contributed by atoms with Gasteiger partial charge >= 0.3 is 5.97 Å². The Morgan fingerprint density at radius 3 is 2.41 bits per heavy atom. The molecule has 1 fully saturated rings. The lowest BCUT2D eigenvalue weighted by atomic mass is 9.92. The highest BCUT2D eigenvalue weighted by molar-refractivity contribution is 8.77. The van der Waals surface area contributed by atoms with E-state index in [-0.39, 0.29) is 5.97 Å². The number of carbonyl (C=O) groups excluding carboxylic acids is 1. The minimum Gasteiger partial charge on any atom is -0.449 e. The first-order valence-corrected chi connectivity index (χ1v) is 14.8. The summed E-state index contributed by atoms with van der Waals surface area (Å²) in [7, 11) is 6.02. The molecule has 3 nitrogen and oxygen atoms in total. The summed E-state index contributed by atoms with van der Waals surface area (Å²) >= 11 is 0. The Kier molecular flexibility index (Phi) is 9.78. The van der Waals surface area contributed by atoms with Crippen molar-refractivity contribution in [2.24, 2.45) is 0 Å². The fraction of sp³-hybridized carbons (Fsp3) is 0.414. The quantitative estimate of drug-likeness (QED) is 0.119. The maximum atomic E-state index is 12.1. The molecule has 2 aromatic carbocycles. The molecule has 1 heterocycles. The average molecular weight is 494 g/mol. The molecule has 0 saturated carbocycles. The van der Waals surface area contributed by atoms with Crippen LogP contribution in [-0.4, -0.2) is 42.2 Å². The normalized spacial score (nSPS) is 16.8. The molecule has 4 rings (SSSR count). The molecule has 0 N–H and O–H groups in total. The molecule has 2 aliphatic rings. The van der Waals surface area contributed by atoms with Crippen molar-refractivity contribution in [3.63, 3.8) is 0 Å². The van der Waals surface area contributed by atoms with Crippen molar-refractivity contribution in [3.05, 3.63) is 76.9 Å². The van der Waals surface area contributed by atoms with Gasteiger partial charge in [-0.25, -0.2) is 0 Å². The Morgan fingerprint density at radius 1 is 1.03 bits per heavy atom. The lowest BCUT2D eigenvalue weighted by molar-refractivity contribution is -0.148. The molecule has 0 aromatic heterocycles. The van der Waals surface area contributed by atoms with Crippen LogP contribution in [0.2, 0.25) is 0 Å². The number of ether oxygens (including phenoxy) is 1. The third-order valence-corrected chi connectivity index (χ3v) is 9.37. The second-order valence-electron chi connectivity index (χ2n) is 9.07. The van der Waals surface area contributed by atoms with Gasteiger partial charge in [-0.1, -0.05) is 94.8 Å². The zero-order valence-electron chi connectivity index (χ0n) is 20.1. The van der Waals surface area contributed by atoms with E-state index in [1.54, 1.807) is 0 Å². The Balaban J connectivity index is 1.20. The minimum absolute atomic E-state index is 0.0680. The monoisotopic (exact) mass is 493 g/mol. The molecule has 34 heavy (non-hydrogen) atoms. The molecular formula is C29H35NO2S2. The van der Waals surface area contributed by atoms with Crippen LogP contribution in [0.5, 0.6) is 0 Å². The van der Waals surface area contributed by atoms with Crippen LogP contribution in [0.25, 0.3) is 17.7 Å². The highest BCUT2D eigenvalue weighted by atomic mass is 33.1. The summed E-state index contributed by atoms with van der Waals surface area (Å²) in [6.45, 7) is 1.27. The highest BCUT2D eigenvalue weighted by Gasteiger charge is 2.16. The lowest BCUT2D eigenvalue weighted by Crippen LogP contribution is -2.24. The second-order valence-corrected chi connectivity index (χ2v) is 11.9. The van der Waals surface area contributed by atoms with Crippen LogP contribution in [0.3, 0.4) is 0 Å². The minimum atomic E-state index is -0.0680. The predicted molar refractivity (Wildman–Crippen MR) is 149 cm³/mol. The molecule has 0 radical (unpaired) electrons. The van der Waals surface area contributed by atoms with Crippen molar-refractivity contribution in [3.8, 4) is 0 Å². The zero-order valence-corrected chi connectivity index (χ0v) is 21.7. The molecule has 1 aliphatic heterocycles. The summed E-state index contributed by atoms with van der Waals surface area (Å²) in [4.78, 5) is 14.2. The maximum absolute atomic E-state index is 12.1. The van der Waals surface area contributed by atoms with Crippen molar-refractivity contribution in [2.45, 2.75) is 50.2 Å². The van der Waals surface area contributed by atoms with E-state index in [2.05, 4.69) is 71.7 Å². The van der Waals surface area contributed by atoms with Gasteiger partial charge in [0.15, 0.2) is 0 Å². The van der Waals surface area contributed by atoms with Crippen molar-refractivity contribution >= 4 is 45.3 Å². The first kappa shape index (κ1) is 25.2. The SMILES string of the molecule is CN(CCCC=C1c2ccccc2C=Cc2ccccc21)COC(=O)CCCCC1CCSS1. The second kappa shape index (κ2) is 13.2. The summed E-state index contributed by atoms with van der Waals surface area (Å²) < 4.78 is 5.49. The van der Waals surface area contributed by atoms with E-state index in [0.717, 1.165) is 37.5 Å². The van der Waals surface area contributed by atoms with E-state index < -0.39 is 0 Å². The maximum Gasteiger partial charge on any atom is 0.307 e. The molecule has 2 aromatic rings. The van der Waals surface area contributed by atoms with Crippen molar-refractivity contribution in [1.29, 1.82) is 0 Å². The van der Waals surface area contributed by atoms with E-state index in [1.807, 2.05) is 28.6 Å². The van der Waals surface area contributed by atoms with Crippen LogP contribution < -0.4 is 0 Å². The van der Waals surface area contributed by atoms with Gasteiger partial charge in [0, 0.05) is 24.0 Å². The van der Waals surface area contributed by atoms with Gasteiger partial charge in [0.1, 0.15) is 6.73 Å².